The Balaban J connectivity index is 2.18. The Kier molecular flexibility index (Phi) is 4.80. The second-order valence-electron chi connectivity index (χ2n) is 3.61. The number of hydrogen-bond donors (Lipinski definition) is 6. The molecule has 6 nitrogen and oxygen atoms in total. The van der Waals surface area contributed by atoms with E-state index in [1.165, 1.54) is 0 Å². The van der Waals surface area contributed by atoms with E-state index in [-0.39, 0.29) is 17.7 Å². The summed E-state index contributed by atoms with van der Waals surface area (Å²) in [5.74, 6) is 0.0450. The molecule has 92 valence electrons. The monoisotopic (exact) mass is 235 g/mol. The molecule has 0 radical (unpaired) electrons. The van der Waals surface area contributed by atoms with Crippen molar-refractivity contribution < 1.29 is 5.11 Å². The van der Waals surface area contributed by atoms with Crippen LogP contribution in [0.15, 0.2) is 24.3 Å². The van der Waals surface area contributed by atoms with Crippen molar-refractivity contribution >= 4 is 11.9 Å². The lowest BCUT2D eigenvalue weighted by Gasteiger charge is -2.08. The van der Waals surface area contributed by atoms with Crippen molar-refractivity contribution in [2.45, 2.75) is 12.8 Å². The zero-order chi connectivity index (χ0) is 12.7. The first kappa shape index (κ1) is 12.8. The van der Waals surface area contributed by atoms with Crippen molar-refractivity contribution in [1.29, 1.82) is 10.8 Å². The summed E-state index contributed by atoms with van der Waals surface area (Å²) in [7, 11) is 0. The van der Waals surface area contributed by atoms with Crippen molar-refractivity contribution in [2.24, 2.45) is 5.73 Å². The Morgan fingerprint density at radius 2 is 1.88 bits per heavy atom. The van der Waals surface area contributed by atoms with E-state index in [0.717, 1.165) is 18.4 Å². The quantitative estimate of drug-likeness (QED) is 0.256. The van der Waals surface area contributed by atoms with Crippen molar-refractivity contribution in [3.8, 4) is 5.75 Å². The fourth-order valence-electron chi connectivity index (χ4n) is 1.35. The number of phenols is 1. The van der Waals surface area contributed by atoms with Gasteiger partial charge in [-0.3, -0.25) is 16.1 Å². The van der Waals surface area contributed by atoms with E-state index in [2.05, 4.69) is 10.6 Å². The third kappa shape index (κ3) is 5.41. The van der Waals surface area contributed by atoms with Gasteiger partial charge in [-0.05, 0) is 30.5 Å². The van der Waals surface area contributed by atoms with E-state index in [0.29, 0.717) is 6.54 Å². The van der Waals surface area contributed by atoms with Crippen LogP contribution in [-0.4, -0.2) is 23.6 Å². The first-order valence-corrected chi connectivity index (χ1v) is 5.29. The van der Waals surface area contributed by atoms with E-state index in [1.807, 2.05) is 12.1 Å². The zero-order valence-electron chi connectivity index (χ0n) is 9.46. The summed E-state index contributed by atoms with van der Waals surface area (Å²) in [6, 6.07) is 7.05. The van der Waals surface area contributed by atoms with E-state index < -0.39 is 0 Å². The summed E-state index contributed by atoms with van der Waals surface area (Å²) < 4.78 is 0. The number of nitrogens with two attached hydrogens (primary N) is 1. The summed E-state index contributed by atoms with van der Waals surface area (Å²) in [6.45, 7) is 0.625. The molecule has 0 saturated heterocycles. The van der Waals surface area contributed by atoms with Crippen LogP contribution in [-0.2, 0) is 6.42 Å². The van der Waals surface area contributed by atoms with Gasteiger partial charge in [0.1, 0.15) is 5.75 Å². The largest absolute Gasteiger partial charge is 0.508 e. The minimum Gasteiger partial charge on any atom is -0.508 e. The molecule has 1 aromatic carbocycles. The molecular formula is C11H17N5O. The second-order valence-corrected chi connectivity index (χ2v) is 3.61. The normalized spacial score (nSPS) is 9.65. The Morgan fingerprint density at radius 1 is 1.24 bits per heavy atom. The molecule has 0 aromatic heterocycles. The molecule has 0 atom stereocenters. The van der Waals surface area contributed by atoms with Gasteiger partial charge in [-0.1, -0.05) is 12.1 Å². The molecule has 0 aliphatic rings. The topological polar surface area (TPSA) is 118 Å². The van der Waals surface area contributed by atoms with Crippen LogP contribution < -0.4 is 16.4 Å². The standard InChI is InChI=1S/C11H17N5O/c12-10(13)16-11(14)15-7-1-2-8-3-5-9(17)6-4-8/h3-6,17H,1-2,7H2,(H6,12,13,14,15,16). The molecule has 0 aliphatic carbocycles. The number of aromatic hydroxyl groups is 1. The highest BCUT2D eigenvalue weighted by Crippen LogP contribution is 2.10. The smallest absolute Gasteiger partial charge is 0.195 e. The minimum absolute atomic E-state index is 0.0307. The summed E-state index contributed by atoms with van der Waals surface area (Å²) >= 11 is 0. The molecule has 0 saturated carbocycles. The molecule has 0 unspecified atom stereocenters. The molecule has 7 N–H and O–H groups in total. The zero-order valence-corrected chi connectivity index (χ0v) is 9.46. The maximum Gasteiger partial charge on any atom is 0.195 e. The van der Waals surface area contributed by atoms with Crippen molar-refractivity contribution in [3.05, 3.63) is 29.8 Å². The van der Waals surface area contributed by atoms with Gasteiger partial charge in [0, 0.05) is 6.54 Å². The van der Waals surface area contributed by atoms with Crippen LogP contribution in [0.2, 0.25) is 0 Å². The summed E-state index contributed by atoms with van der Waals surface area (Å²) in [4.78, 5) is 0. The van der Waals surface area contributed by atoms with E-state index in [9.17, 15) is 0 Å². The van der Waals surface area contributed by atoms with Crippen LogP contribution in [0.5, 0.6) is 5.75 Å². The Morgan fingerprint density at radius 3 is 2.47 bits per heavy atom. The molecule has 17 heavy (non-hydrogen) atoms. The Hall–Kier alpha value is -2.24. The predicted molar refractivity (Wildman–Crippen MR) is 67.2 cm³/mol. The van der Waals surface area contributed by atoms with Gasteiger partial charge in [-0.15, -0.1) is 0 Å². The molecule has 0 fully saturated rings. The number of phenolic OH excluding ortho intramolecular Hbond substituents is 1. The Bertz CT molecular complexity index is 387. The highest BCUT2D eigenvalue weighted by molar-refractivity contribution is 5.94. The van der Waals surface area contributed by atoms with Crippen molar-refractivity contribution in [3.63, 3.8) is 0 Å². The molecule has 0 aliphatic heterocycles. The fourth-order valence-corrected chi connectivity index (χ4v) is 1.35. The fraction of sp³-hybridized carbons (Fsp3) is 0.273. The average molecular weight is 235 g/mol. The first-order valence-electron chi connectivity index (χ1n) is 5.29. The molecule has 0 bridgehead atoms. The SMILES string of the molecule is N=C(N)NC(=N)NCCCc1ccc(O)cc1. The highest BCUT2D eigenvalue weighted by Gasteiger charge is 1.97. The van der Waals surface area contributed by atoms with Crippen molar-refractivity contribution in [1.82, 2.24) is 10.6 Å². The molecule has 1 rings (SSSR count). The highest BCUT2D eigenvalue weighted by atomic mass is 16.3. The van der Waals surface area contributed by atoms with E-state index >= 15 is 0 Å². The number of nitrogens with one attached hydrogen (secondary N) is 4. The molecular weight excluding hydrogens is 218 g/mol. The maximum atomic E-state index is 9.10. The third-order valence-corrected chi connectivity index (χ3v) is 2.14. The number of aryl methyl sites for hydroxylation is 1. The van der Waals surface area contributed by atoms with Gasteiger partial charge in [0.15, 0.2) is 11.9 Å². The number of guanidine groups is 2. The van der Waals surface area contributed by atoms with Gasteiger partial charge < -0.3 is 16.2 Å². The van der Waals surface area contributed by atoms with Crippen molar-refractivity contribution in [2.75, 3.05) is 6.54 Å². The van der Waals surface area contributed by atoms with Gasteiger partial charge in [-0.2, -0.15) is 0 Å². The van der Waals surface area contributed by atoms with Gasteiger partial charge in [0.05, 0.1) is 0 Å². The van der Waals surface area contributed by atoms with Gasteiger partial charge in [-0.25, -0.2) is 0 Å². The van der Waals surface area contributed by atoms with E-state index in [4.69, 9.17) is 21.7 Å². The second kappa shape index (κ2) is 6.37. The molecule has 0 heterocycles. The predicted octanol–water partition coefficient (Wildman–Crippen LogP) is 0.332. The van der Waals surface area contributed by atoms with Crippen LogP contribution >= 0.6 is 0 Å². The summed E-state index contributed by atoms with van der Waals surface area (Å²) in [6.07, 6.45) is 1.72. The third-order valence-electron chi connectivity index (χ3n) is 2.14. The Labute approximate surface area is 99.9 Å². The molecule has 1 aromatic rings. The van der Waals surface area contributed by atoms with Crippen LogP contribution in [0.1, 0.15) is 12.0 Å². The molecule has 0 amide bonds. The van der Waals surface area contributed by atoms with Gasteiger partial charge >= 0.3 is 0 Å². The molecule has 0 spiro atoms. The number of rotatable bonds is 4. The van der Waals surface area contributed by atoms with Gasteiger partial charge in [0.2, 0.25) is 0 Å². The lowest BCUT2D eigenvalue weighted by molar-refractivity contribution is 0.475. The number of hydrogen-bond acceptors (Lipinski definition) is 3. The van der Waals surface area contributed by atoms with Crippen LogP contribution in [0.4, 0.5) is 0 Å². The number of benzene rings is 1. The lowest BCUT2D eigenvalue weighted by atomic mass is 10.1. The lowest BCUT2D eigenvalue weighted by Crippen LogP contribution is -2.43. The van der Waals surface area contributed by atoms with Crippen LogP contribution in [0.25, 0.3) is 0 Å². The van der Waals surface area contributed by atoms with Crippen LogP contribution in [0, 0.1) is 10.8 Å². The van der Waals surface area contributed by atoms with Crippen LogP contribution in [0.3, 0.4) is 0 Å². The summed E-state index contributed by atoms with van der Waals surface area (Å²) in [5, 5.41) is 28.5. The summed E-state index contributed by atoms with van der Waals surface area (Å²) in [5.41, 5.74) is 6.21. The minimum atomic E-state index is -0.249. The molecule has 6 heteroatoms. The van der Waals surface area contributed by atoms with Gasteiger partial charge in [0.25, 0.3) is 0 Å². The first-order chi connectivity index (χ1) is 8.08. The maximum absolute atomic E-state index is 9.10. The van der Waals surface area contributed by atoms with E-state index in [1.54, 1.807) is 12.1 Å². The average Bonchev–Trinajstić information content (AvgIpc) is 2.26.